The number of hydrazone groups is 1. The third-order valence-corrected chi connectivity index (χ3v) is 13.1. The molecule has 2 saturated carbocycles. The lowest BCUT2D eigenvalue weighted by atomic mass is 9.63. The van der Waals surface area contributed by atoms with Gasteiger partial charge in [0, 0.05) is 41.8 Å². The van der Waals surface area contributed by atoms with E-state index in [1.807, 2.05) is 24.8 Å². The molecule has 3 N–H and O–H groups in total. The van der Waals surface area contributed by atoms with E-state index in [1.54, 1.807) is 6.92 Å². The maximum absolute atomic E-state index is 17.3. The van der Waals surface area contributed by atoms with Crippen LogP contribution in [0.4, 0.5) is 10.2 Å². The minimum Gasteiger partial charge on any atom is -0.480 e. The van der Waals surface area contributed by atoms with Crippen LogP contribution >= 0.6 is 11.6 Å². The van der Waals surface area contributed by atoms with E-state index < -0.39 is 11.4 Å². The zero-order chi connectivity index (χ0) is 37.1. The Morgan fingerprint density at radius 3 is 2.64 bits per heavy atom. The van der Waals surface area contributed by atoms with Gasteiger partial charge in [0.25, 0.3) is 0 Å². The predicted octanol–water partition coefficient (Wildman–Crippen LogP) is 5.57. The third-order valence-electron chi connectivity index (χ3n) is 12.6. The van der Waals surface area contributed by atoms with Crippen molar-refractivity contribution in [3.05, 3.63) is 33.6 Å². The molecule has 2 aliphatic carbocycles. The zero-order valence-corrected chi connectivity index (χ0v) is 32.0. The number of piperidine rings is 1. The molecule has 12 nitrogen and oxygen atoms in total. The molecular formula is C39H51ClFN7O5. The largest absolute Gasteiger partial charge is 0.480 e. The number of rotatable bonds is 8. The molecule has 14 heteroatoms. The number of likely N-dealkylation sites (tertiary alicyclic amines) is 1. The highest BCUT2D eigenvalue weighted by atomic mass is 35.5. The summed E-state index contributed by atoms with van der Waals surface area (Å²) < 4.78 is 41.4. The number of aliphatic hydroxyl groups is 1. The van der Waals surface area contributed by atoms with E-state index in [9.17, 15) is 5.11 Å². The number of pyridine rings is 1. The molecule has 5 heterocycles. The fraction of sp³-hybridized carbons (Fsp3) is 0.641. The number of hydrogen-bond acceptors (Lipinski definition) is 12. The molecule has 5 aliphatic rings. The first kappa shape index (κ1) is 36.6. The first-order chi connectivity index (χ1) is 25.5. The van der Waals surface area contributed by atoms with Gasteiger partial charge in [-0.2, -0.15) is 15.1 Å². The first-order valence-corrected chi connectivity index (χ1v) is 19.3. The average Bonchev–Trinajstić information content (AvgIpc) is 3.75. The van der Waals surface area contributed by atoms with Crippen LogP contribution < -0.4 is 20.2 Å². The molecule has 1 aromatic carbocycles. The summed E-state index contributed by atoms with van der Waals surface area (Å²) >= 11 is 6.90. The maximum atomic E-state index is 17.3. The molecule has 0 amide bonds. The van der Waals surface area contributed by atoms with E-state index in [0.29, 0.717) is 59.2 Å². The number of fused-ring (bicyclic) bond motifs is 2. The number of aryl methyl sites for hydroxylation is 2. The molecule has 0 bridgehead atoms. The van der Waals surface area contributed by atoms with Gasteiger partial charge in [0.15, 0.2) is 5.82 Å². The van der Waals surface area contributed by atoms with Gasteiger partial charge in [-0.25, -0.2) is 9.37 Å². The van der Waals surface area contributed by atoms with Crippen LogP contribution in [0.15, 0.2) is 11.2 Å². The highest BCUT2D eigenvalue weighted by Gasteiger charge is 2.55. The van der Waals surface area contributed by atoms with Gasteiger partial charge in [0.2, 0.25) is 5.88 Å². The van der Waals surface area contributed by atoms with E-state index in [0.717, 1.165) is 63.0 Å². The van der Waals surface area contributed by atoms with Crippen molar-refractivity contribution in [3.8, 4) is 23.1 Å². The van der Waals surface area contributed by atoms with Gasteiger partial charge in [-0.05, 0) is 88.8 Å². The highest BCUT2D eigenvalue weighted by Crippen LogP contribution is 2.55. The standard InChI is InChI=1S/C39H51ClFN7O5/c1-23-15-24(2)30(40)28(26(23)18-43-42)32-31(41)33-29(35(44-32)50-4)34(47-12-14-52-20-37(3,49)19-47)46-36(45-33)53-22-39-8-5-7-27(39)48(11-6-9-39)25-16-38(17-25)10-13-51-21-38/h15,18,25,27,49H,5-14,16-17,19-22,42H2,1-4H3/b43-18-/t25?,27-,37+,38?,39-/m1/s1. The number of nitrogens with zero attached hydrogens (tertiary/aromatic N) is 6. The molecule has 2 aromatic heterocycles. The normalized spacial score (nSPS) is 30.6. The molecule has 53 heavy (non-hydrogen) atoms. The molecule has 3 saturated heterocycles. The summed E-state index contributed by atoms with van der Waals surface area (Å²) in [5.74, 6) is 5.36. The summed E-state index contributed by atoms with van der Waals surface area (Å²) in [5, 5.41) is 15.5. The lowest BCUT2D eigenvalue weighted by Crippen LogP contribution is -2.60. The number of benzene rings is 1. The van der Waals surface area contributed by atoms with Crippen LogP contribution in [-0.4, -0.2) is 109 Å². The first-order valence-electron chi connectivity index (χ1n) is 19.0. The van der Waals surface area contributed by atoms with Crippen LogP contribution in [0, 0.1) is 30.5 Å². The van der Waals surface area contributed by atoms with E-state index in [2.05, 4.69) is 10.0 Å². The molecule has 1 spiro atoms. The second kappa shape index (κ2) is 14.1. The van der Waals surface area contributed by atoms with E-state index in [4.69, 9.17) is 51.3 Å². The summed E-state index contributed by atoms with van der Waals surface area (Å²) in [7, 11) is 1.47. The van der Waals surface area contributed by atoms with E-state index in [1.165, 1.54) is 32.6 Å². The summed E-state index contributed by atoms with van der Waals surface area (Å²) in [5.41, 5.74) is 1.48. The van der Waals surface area contributed by atoms with Crippen LogP contribution in [0.25, 0.3) is 22.2 Å². The number of aromatic nitrogens is 3. The maximum Gasteiger partial charge on any atom is 0.319 e. The zero-order valence-electron chi connectivity index (χ0n) is 31.2. The fourth-order valence-corrected chi connectivity index (χ4v) is 10.3. The quantitative estimate of drug-likeness (QED) is 0.170. The van der Waals surface area contributed by atoms with Crippen molar-refractivity contribution in [1.82, 2.24) is 19.9 Å². The molecule has 8 rings (SSSR count). The summed E-state index contributed by atoms with van der Waals surface area (Å²) in [6.45, 7) is 9.82. The van der Waals surface area contributed by atoms with Gasteiger partial charge in [-0.3, -0.25) is 4.90 Å². The minimum atomic E-state index is -1.19. The number of β-amino-alcohol motifs (C(OH)–C–C–N with tert-alkyl or cyclic N) is 1. The monoisotopic (exact) mass is 751 g/mol. The lowest BCUT2D eigenvalue weighted by Gasteiger charge is -2.56. The Morgan fingerprint density at radius 2 is 1.89 bits per heavy atom. The van der Waals surface area contributed by atoms with Crippen LogP contribution in [0.1, 0.15) is 75.0 Å². The Hall–Kier alpha value is -3.36. The SMILES string of the molecule is COc1nc(-c2c(Cl)c(C)cc(C)c2/C=N\N)c(F)c2nc(OC[C@]34CCC[C@H]3N(C3CC5(CCOC5)C3)CCC4)nc(N3CCOC[C@@](C)(O)C3)c12. The third kappa shape index (κ3) is 6.49. The molecule has 3 atom stereocenters. The van der Waals surface area contributed by atoms with Crippen molar-refractivity contribution < 1.29 is 28.4 Å². The Kier molecular flexibility index (Phi) is 9.70. The minimum absolute atomic E-state index is 0.0215. The number of halogens is 2. The molecule has 3 aliphatic heterocycles. The van der Waals surface area contributed by atoms with Gasteiger partial charge < -0.3 is 34.8 Å². The van der Waals surface area contributed by atoms with Crippen molar-refractivity contribution in [3.63, 3.8) is 0 Å². The van der Waals surface area contributed by atoms with Crippen LogP contribution in [0.3, 0.4) is 0 Å². The number of nitrogens with two attached hydrogens (primary N) is 1. The van der Waals surface area contributed by atoms with Crippen molar-refractivity contribution in [2.75, 3.05) is 64.7 Å². The van der Waals surface area contributed by atoms with E-state index >= 15 is 4.39 Å². The smallest absolute Gasteiger partial charge is 0.319 e. The molecule has 5 fully saturated rings. The molecule has 3 aromatic rings. The second-order valence-electron chi connectivity index (χ2n) is 16.5. The van der Waals surface area contributed by atoms with Crippen molar-refractivity contribution in [1.29, 1.82) is 0 Å². The van der Waals surface area contributed by atoms with Crippen LogP contribution in [-0.2, 0) is 9.47 Å². The van der Waals surface area contributed by atoms with Gasteiger partial charge in [-0.15, -0.1) is 0 Å². The number of anilines is 1. The number of hydrogen-bond donors (Lipinski definition) is 2. The Bertz CT molecular complexity index is 1920. The average molecular weight is 752 g/mol. The van der Waals surface area contributed by atoms with Crippen molar-refractivity contribution in [2.24, 2.45) is 21.8 Å². The van der Waals surface area contributed by atoms with Gasteiger partial charge in [-0.1, -0.05) is 24.1 Å². The van der Waals surface area contributed by atoms with Crippen molar-refractivity contribution in [2.45, 2.75) is 89.8 Å². The topological polar surface area (TPSA) is 141 Å². The predicted molar refractivity (Wildman–Crippen MR) is 202 cm³/mol. The summed E-state index contributed by atoms with van der Waals surface area (Å²) in [4.78, 5) is 19.1. The Balaban J connectivity index is 1.21. The Labute approximate surface area is 315 Å². The fourth-order valence-electron chi connectivity index (χ4n) is 10.1. The Morgan fingerprint density at radius 1 is 1.09 bits per heavy atom. The molecular weight excluding hydrogens is 701 g/mol. The summed E-state index contributed by atoms with van der Waals surface area (Å²) in [6, 6.07) is 2.96. The second-order valence-corrected chi connectivity index (χ2v) is 16.8. The summed E-state index contributed by atoms with van der Waals surface area (Å²) in [6.07, 6.45) is 10.6. The molecule has 0 radical (unpaired) electrons. The molecule has 0 unspecified atom stereocenters. The van der Waals surface area contributed by atoms with Crippen molar-refractivity contribution >= 4 is 34.5 Å². The van der Waals surface area contributed by atoms with Gasteiger partial charge in [0.05, 0.1) is 51.3 Å². The highest BCUT2D eigenvalue weighted by molar-refractivity contribution is 6.35. The van der Waals surface area contributed by atoms with Crippen LogP contribution in [0.5, 0.6) is 11.9 Å². The van der Waals surface area contributed by atoms with Gasteiger partial charge in [0.1, 0.15) is 28.0 Å². The van der Waals surface area contributed by atoms with Crippen LogP contribution in [0.2, 0.25) is 5.02 Å². The van der Waals surface area contributed by atoms with E-state index in [-0.39, 0.29) is 47.1 Å². The lowest BCUT2D eigenvalue weighted by molar-refractivity contribution is -0.0813. The molecule has 286 valence electrons. The number of ether oxygens (including phenoxy) is 4. The number of methoxy groups -OCH3 is 1. The van der Waals surface area contributed by atoms with Gasteiger partial charge >= 0.3 is 6.01 Å².